The number of rotatable bonds is 26. The Balaban J connectivity index is -0.00000450. The minimum atomic E-state index is -4.76. The van der Waals surface area contributed by atoms with Gasteiger partial charge < -0.3 is 18.9 Å². The summed E-state index contributed by atoms with van der Waals surface area (Å²) in [4.78, 5) is 20.6. The third kappa shape index (κ3) is 38.8. The second-order valence-corrected chi connectivity index (χ2v) is 10.6. The molecule has 0 spiro atoms. The Morgan fingerprint density at radius 1 is 0.455 bits per heavy atom. The average Bonchev–Trinajstić information content (AvgIpc) is 2.73. The first-order valence-corrected chi connectivity index (χ1v) is 15.2. The molecule has 0 aromatic carbocycles. The van der Waals surface area contributed by atoms with Crippen LogP contribution in [0.5, 0.6) is 0 Å². The Morgan fingerprint density at radius 2 is 0.667 bits per heavy atom. The van der Waals surface area contributed by atoms with Crippen LogP contribution in [0.3, 0.4) is 0 Å². The fraction of sp³-hybridized carbons (Fsp3) is 1.00. The zero-order valence-corrected chi connectivity index (χ0v) is 27.7. The van der Waals surface area contributed by atoms with E-state index in [0.29, 0.717) is 6.42 Å². The summed E-state index contributed by atoms with van der Waals surface area (Å²) in [5.74, 6) is 0. The van der Waals surface area contributed by atoms with Crippen molar-refractivity contribution in [2.45, 2.75) is 161 Å². The molecule has 0 aromatic heterocycles. The Kier molecular flexibility index (Phi) is 38.6. The molecule has 188 valence electrons. The molecule has 0 N–H and O–H groups in total. The predicted octanol–water partition coefficient (Wildman–Crippen LogP) is 2.22. The minimum Gasteiger partial charge on any atom is -0.790 e. The Labute approximate surface area is 251 Å². The summed E-state index contributed by atoms with van der Waals surface area (Å²) in [5, 5.41) is 0. The van der Waals surface area contributed by atoms with E-state index in [1.165, 1.54) is 135 Å². The first-order chi connectivity index (χ1) is 15.1. The maximum absolute atomic E-state index is 10.3. The fourth-order valence-electron chi connectivity index (χ4n) is 4.24. The van der Waals surface area contributed by atoms with Gasteiger partial charge in [0.2, 0.25) is 0 Å². The van der Waals surface area contributed by atoms with Gasteiger partial charge in [0, 0.05) is 0 Å². The van der Waals surface area contributed by atoms with Crippen molar-refractivity contribution < 1.29 is 78.0 Å². The van der Waals surface area contributed by atoms with Gasteiger partial charge in [0.05, 0.1) is 14.4 Å². The van der Waals surface area contributed by atoms with E-state index in [-0.39, 0.29) is 65.7 Å². The molecule has 0 radical (unpaired) electrons. The summed E-state index contributed by atoms with van der Waals surface area (Å²) in [6.07, 6.45) is 32.1. The van der Waals surface area contributed by atoms with Gasteiger partial charge in [-0.2, -0.15) is 0 Å². The zero-order valence-electron chi connectivity index (χ0n) is 22.8. The molecule has 33 heavy (non-hydrogen) atoms. The average molecular weight is 507 g/mol. The molecule has 7 heteroatoms. The molecule has 0 aliphatic carbocycles. The number of hydrogen-bond acceptors (Lipinski definition) is 4. The van der Waals surface area contributed by atoms with Gasteiger partial charge in [-0.1, -0.05) is 155 Å². The Bertz CT molecular complexity index is 394. The minimum absolute atomic E-state index is 0. The molecule has 0 atom stereocenters. The van der Waals surface area contributed by atoms with E-state index in [9.17, 15) is 14.4 Å². The van der Waals surface area contributed by atoms with E-state index >= 15 is 0 Å². The fourth-order valence-corrected chi connectivity index (χ4v) is 4.59. The molecule has 0 saturated heterocycles. The first-order valence-electron chi connectivity index (χ1n) is 13.7. The third-order valence-electron chi connectivity index (χ3n) is 6.25. The number of hydrogen-bond donors (Lipinski definition) is 0. The van der Waals surface area contributed by atoms with Crippen LogP contribution in [0.4, 0.5) is 0 Å². The van der Waals surface area contributed by atoms with Crippen LogP contribution < -0.4 is 68.9 Å². The van der Waals surface area contributed by atoms with Crippen molar-refractivity contribution in [3.05, 3.63) is 0 Å². The van der Waals surface area contributed by atoms with Gasteiger partial charge in [0.1, 0.15) is 0 Å². The van der Waals surface area contributed by atoms with Crippen LogP contribution in [-0.4, -0.2) is 6.61 Å². The van der Waals surface area contributed by atoms with Gasteiger partial charge in [0.15, 0.2) is 0 Å². The van der Waals surface area contributed by atoms with Gasteiger partial charge >= 0.3 is 59.1 Å². The van der Waals surface area contributed by atoms with Crippen LogP contribution in [0.15, 0.2) is 0 Å². The largest absolute Gasteiger partial charge is 1.00 e. The molecule has 0 aliphatic heterocycles. The third-order valence-corrected chi connectivity index (χ3v) is 6.75. The summed E-state index contributed by atoms with van der Waals surface area (Å²) in [6, 6.07) is 0. The maximum atomic E-state index is 10.3. The summed E-state index contributed by atoms with van der Waals surface area (Å²) in [7, 11) is -4.76. The number of phosphoric ester groups is 1. The molecule has 0 bridgehead atoms. The van der Waals surface area contributed by atoms with Crippen LogP contribution in [0.25, 0.3) is 0 Å². The standard InChI is InChI=1S/C26H55O4P.2Na/c1-2-3-4-5-6-7-8-9-10-11-12-13-14-15-16-17-18-19-20-21-22-23-24-25-26-30-31(27,28)29;;/h2-26H2,1H3,(H2,27,28,29);;/q;2*+1/p-2. The van der Waals surface area contributed by atoms with Crippen molar-refractivity contribution in [2.75, 3.05) is 6.61 Å². The molecular formula is C26H53Na2O4P. The van der Waals surface area contributed by atoms with Gasteiger partial charge in [0.25, 0.3) is 0 Å². The van der Waals surface area contributed by atoms with Crippen molar-refractivity contribution >= 4 is 7.82 Å². The van der Waals surface area contributed by atoms with Gasteiger partial charge in [-0.15, -0.1) is 0 Å². The normalized spacial score (nSPS) is 11.2. The molecule has 0 unspecified atom stereocenters. The molecule has 0 saturated carbocycles. The van der Waals surface area contributed by atoms with Crippen LogP contribution in [0.1, 0.15) is 161 Å². The Morgan fingerprint density at radius 3 is 0.879 bits per heavy atom. The van der Waals surface area contributed by atoms with Crippen LogP contribution >= 0.6 is 7.82 Å². The molecule has 0 heterocycles. The van der Waals surface area contributed by atoms with E-state index in [0.717, 1.165) is 12.8 Å². The molecule has 4 nitrogen and oxygen atoms in total. The topological polar surface area (TPSA) is 72.4 Å². The summed E-state index contributed by atoms with van der Waals surface area (Å²) < 4.78 is 14.5. The van der Waals surface area contributed by atoms with E-state index in [1.54, 1.807) is 0 Å². The first kappa shape index (κ1) is 39.6. The van der Waals surface area contributed by atoms with Crippen molar-refractivity contribution in [1.29, 1.82) is 0 Å². The van der Waals surface area contributed by atoms with Crippen LogP contribution in [-0.2, 0) is 9.09 Å². The molecule has 0 fully saturated rings. The van der Waals surface area contributed by atoms with Crippen LogP contribution in [0, 0.1) is 0 Å². The van der Waals surface area contributed by atoms with E-state index in [2.05, 4.69) is 11.4 Å². The molecule has 0 aliphatic rings. The van der Waals surface area contributed by atoms with E-state index in [4.69, 9.17) is 0 Å². The number of unbranched alkanes of at least 4 members (excludes halogenated alkanes) is 23. The zero-order chi connectivity index (χ0) is 22.9. The summed E-state index contributed by atoms with van der Waals surface area (Å²) >= 11 is 0. The molecule has 0 amide bonds. The smallest absolute Gasteiger partial charge is 0.790 e. The second-order valence-electron chi connectivity index (χ2n) is 9.41. The van der Waals surface area contributed by atoms with Gasteiger partial charge in [-0.25, -0.2) is 0 Å². The van der Waals surface area contributed by atoms with Crippen molar-refractivity contribution in [3.63, 3.8) is 0 Å². The van der Waals surface area contributed by atoms with Crippen molar-refractivity contribution in [2.24, 2.45) is 0 Å². The van der Waals surface area contributed by atoms with Crippen LogP contribution in [0.2, 0.25) is 0 Å². The van der Waals surface area contributed by atoms with E-state index in [1.807, 2.05) is 0 Å². The van der Waals surface area contributed by atoms with E-state index < -0.39 is 7.82 Å². The summed E-state index contributed by atoms with van der Waals surface area (Å²) in [6.45, 7) is 2.33. The number of phosphoric acid groups is 1. The molecule has 0 rings (SSSR count). The molecule has 0 aromatic rings. The second kappa shape index (κ2) is 32.1. The predicted molar refractivity (Wildman–Crippen MR) is 130 cm³/mol. The molecular weight excluding hydrogens is 453 g/mol. The van der Waals surface area contributed by atoms with Crippen molar-refractivity contribution in [3.8, 4) is 0 Å². The van der Waals surface area contributed by atoms with Gasteiger partial charge in [-0.3, -0.25) is 0 Å². The summed E-state index contributed by atoms with van der Waals surface area (Å²) in [5.41, 5.74) is 0. The van der Waals surface area contributed by atoms with Crippen molar-refractivity contribution in [1.82, 2.24) is 0 Å². The van der Waals surface area contributed by atoms with Gasteiger partial charge in [-0.05, 0) is 6.42 Å². The Hall–Kier alpha value is 2.11. The quantitative estimate of drug-likeness (QED) is 0.102. The SMILES string of the molecule is CCCCCCCCCCCCCCCCCCCCCCCCCCOP(=O)([O-])[O-].[Na+].[Na+]. The maximum Gasteiger partial charge on any atom is 1.00 e. The monoisotopic (exact) mass is 506 g/mol.